The number of aromatic nitrogens is 1. The van der Waals surface area contributed by atoms with Crippen LogP contribution in [0.2, 0.25) is 0 Å². The lowest BCUT2D eigenvalue weighted by atomic mass is 9.80. The van der Waals surface area contributed by atoms with Crippen LogP contribution < -0.4 is 5.32 Å². The van der Waals surface area contributed by atoms with E-state index in [0.717, 1.165) is 25.7 Å². The van der Waals surface area contributed by atoms with Gasteiger partial charge in [0.15, 0.2) is 5.69 Å². The molecule has 1 aliphatic carbocycles. The fourth-order valence-electron chi connectivity index (χ4n) is 3.48. The molecule has 7 heteroatoms. The first kappa shape index (κ1) is 16.0. The van der Waals surface area contributed by atoms with E-state index in [0.29, 0.717) is 31.0 Å². The molecule has 1 aromatic rings. The second-order valence-corrected chi connectivity index (χ2v) is 6.29. The fraction of sp³-hybridized carbons (Fsp3) is 0.688. The van der Waals surface area contributed by atoms with Crippen molar-refractivity contribution >= 4 is 11.9 Å². The summed E-state index contributed by atoms with van der Waals surface area (Å²) in [5, 5.41) is 16.0. The lowest BCUT2D eigenvalue weighted by molar-refractivity contribution is -0.143. The van der Waals surface area contributed by atoms with Crippen molar-refractivity contribution in [1.29, 1.82) is 0 Å². The predicted octanol–water partition coefficient (Wildman–Crippen LogP) is 1.76. The molecule has 1 fully saturated rings. The van der Waals surface area contributed by atoms with E-state index in [1.807, 2.05) is 0 Å². The summed E-state index contributed by atoms with van der Waals surface area (Å²) in [5.41, 5.74) is 0.894. The molecule has 0 saturated heterocycles. The standard InChI is InChI=1S/C16H22N2O5/c19-15(14-12-9-22-7-6-13(12)23-18-14)17-8-11(16(20)21)10-4-2-1-3-5-10/h10-11H,1-9H2,(H,17,19)(H,20,21). The summed E-state index contributed by atoms with van der Waals surface area (Å²) >= 11 is 0. The van der Waals surface area contributed by atoms with Gasteiger partial charge < -0.3 is 19.7 Å². The maximum atomic E-state index is 12.3. The van der Waals surface area contributed by atoms with Crippen LogP contribution in [-0.4, -0.2) is 35.3 Å². The topological polar surface area (TPSA) is 102 Å². The molecular formula is C16H22N2O5. The van der Waals surface area contributed by atoms with Gasteiger partial charge in [0, 0.05) is 13.0 Å². The van der Waals surface area contributed by atoms with Crippen molar-refractivity contribution in [3.63, 3.8) is 0 Å². The fourth-order valence-corrected chi connectivity index (χ4v) is 3.48. The summed E-state index contributed by atoms with van der Waals surface area (Å²) in [5.74, 6) is -0.955. The van der Waals surface area contributed by atoms with Crippen molar-refractivity contribution in [3.05, 3.63) is 17.0 Å². The molecule has 2 N–H and O–H groups in total. The van der Waals surface area contributed by atoms with E-state index < -0.39 is 11.9 Å². The maximum Gasteiger partial charge on any atom is 0.308 e. The molecule has 0 spiro atoms. The van der Waals surface area contributed by atoms with Gasteiger partial charge in [-0.2, -0.15) is 0 Å². The van der Waals surface area contributed by atoms with Crippen LogP contribution in [0.5, 0.6) is 0 Å². The van der Waals surface area contributed by atoms with E-state index >= 15 is 0 Å². The smallest absolute Gasteiger partial charge is 0.308 e. The number of hydrogen-bond donors (Lipinski definition) is 2. The van der Waals surface area contributed by atoms with E-state index in [4.69, 9.17) is 9.26 Å². The van der Waals surface area contributed by atoms with E-state index in [2.05, 4.69) is 10.5 Å². The number of fused-ring (bicyclic) bond motifs is 1. The van der Waals surface area contributed by atoms with Gasteiger partial charge in [0.2, 0.25) is 0 Å². The van der Waals surface area contributed by atoms with E-state index in [9.17, 15) is 14.7 Å². The number of carboxylic acid groups (broad SMARTS) is 1. The highest BCUT2D eigenvalue weighted by Crippen LogP contribution is 2.30. The van der Waals surface area contributed by atoms with Crippen LogP contribution in [0.15, 0.2) is 4.52 Å². The van der Waals surface area contributed by atoms with Crippen LogP contribution >= 0.6 is 0 Å². The summed E-state index contributed by atoms with van der Waals surface area (Å²) in [4.78, 5) is 23.8. The highest BCUT2D eigenvalue weighted by molar-refractivity contribution is 5.94. The number of carbonyl (C=O) groups is 2. The van der Waals surface area contributed by atoms with Gasteiger partial charge in [0.25, 0.3) is 5.91 Å². The minimum Gasteiger partial charge on any atom is -0.481 e. The van der Waals surface area contributed by atoms with E-state index in [1.54, 1.807) is 0 Å². The molecule has 7 nitrogen and oxygen atoms in total. The Kier molecular flexibility index (Phi) is 4.95. The first-order valence-corrected chi connectivity index (χ1v) is 8.23. The number of amides is 1. The lowest BCUT2D eigenvalue weighted by Gasteiger charge is -2.27. The van der Waals surface area contributed by atoms with E-state index in [-0.39, 0.29) is 24.1 Å². The van der Waals surface area contributed by atoms with Gasteiger partial charge in [-0.1, -0.05) is 24.4 Å². The Hall–Kier alpha value is -1.89. The van der Waals surface area contributed by atoms with Gasteiger partial charge in [-0.15, -0.1) is 0 Å². The zero-order valence-electron chi connectivity index (χ0n) is 13.0. The molecule has 0 bridgehead atoms. The molecule has 1 unspecified atom stereocenters. The van der Waals surface area contributed by atoms with Crippen LogP contribution in [-0.2, 0) is 22.6 Å². The second kappa shape index (κ2) is 7.12. The average molecular weight is 322 g/mol. The summed E-state index contributed by atoms with van der Waals surface area (Å²) in [7, 11) is 0. The minimum atomic E-state index is -0.845. The first-order chi connectivity index (χ1) is 11.2. The quantitative estimate of drug-likeness (QED) is 0.856. The van der Waals surface area contributed by atoms with Gasteiger partial charge >= 0.3 is 5.97 Å². The van der Waals surface area contributed by atoms with Crippen LogP contribution in [0.3, 0.4) is 0 Å². The molecule has 1 aromatic heterocycles. The zero-order valence-corrected chi connectivity index (χ0v) is 13.0. The lowest BCUT2D eigenvalue weighted by Crippen LogP contribution is -2.38. The normalized spacial score (nSPS) is 19.8. The van der Waals surface area contributed by atoms with Crippen molar-refractivity contribution in [2.24, 2.45) is 11.8 Å². The molecule has 1 amide bonds. The first-order valence-electron chi connectivity index (χ1n) is 8.23. The number of carbonyl (C=O) groups excluding carboxylic acids is 1. The Morgan fingerprint density at radius 2 is 2.09 bits per heavy atom. The summed E-state index contributed by atoms with van der Waals surface area (Å²) in [6.45, 7) is 1.000. The molecule has 126 valence electrons. The van der Waals surface area contributed by atoms with Crippen LogP contribution in [0.1, 0.15) is 53.9 Å². The highest BCUT2D eigenvalue weighted by atomic mass is 16.5. The predicted molar refractivity (Wildman–Crippen MR) is 79.9 cm³/mol. The molecule has 3 rings (SSSR count). The third-order valence-corrected chi connectivity index (χ3v) is 4.82. The number of hydrogen-bond acceptors (Lipinski definition) is 5. The summed E-state index contributed by atoms with van der Waals surface area (Å²) < 4.78 is 10.5. The van der Waals surface area contributed by atoms with Crippen LogP contribution in [0.25, 0.3) is 0 Å². The number of aliphatic carboxylic acids is 1. The largest absolute Gasteiger partial charge is 0.481 e. The van der Waals surface area contributed by atoms with Crippen molar-refractivity contribution < 1.29 is 24.0 Å². The minimum absolute atomic E-state index is 0.126. The monoisotopic (exact) mass is 322 g/mol. The maximum absolute atomic E-state index is 12.3. The number of rotatable bonds is 5. The second-order valence-electron chi connectivity index (χ2n) is 6.29. The molecule has 1 aliphatic heterocycles. The number of ether oxygens (including phenoxy) is 1. The number of nitrogens with one attached hydrogen (secondary N) is 1. The molecule has 2 aliphatic rings. The van der Waals surface area contributed by atoms with E-state index in [1.165, 1.54) is 6.42 Å². The van der Waals surface area contributed by atoms with Crippen LogP contribution in [0, 0.1) is 11.8 Å². The van der Waals surface area contributed by atoms with Crippen molar-refractivity contribution in [1.82, 2.24) is 10.5 Å². The van der Waals surface area contributed by atoms with Crippen molar-refractivity contribution in [3.8, 4) is 0 Å². The third-order valence-electron chi connectivity index (χ3n) is 4.82. The Morgan fingerprint density at radius 3 is 2.83 bits per heavy atom. The molecule has 0 aromatic carbocycles. The zero-order chi connectivity index (χ0) is 16.2. The SMILES string of the molecule is O=C(NCC(C(=O)O)C1CCCCC1)c1noc2c1COCC2. The molecule has 1 saturated carbocycles. The van der Waals surface area contributed by atoms with Gasteiger partial charge in [-0.3, -0.25) is 9.59 Å². The summed E-state index contributed by atoms with van der Waals surface area (Å²) in [6.07, 6.45) is 5.74. The average Bonchev–Trinajstić information content (AvgIpc) is 2.99. The summed E-state index contributed by atoms with van der Waals surface area (Å²) in [6, 6.07) is 0. The number of nitrogens with zero attached hydrogens (tertiary/aromatic N) is 1. The van der Waals surface area contributed by atoms with Gasteiger partial charge in [0.05, 0.1) is 24.7 Å². The Balaban J connectivity index is 1.62. The molecule has 0 radical (unpaired) electrons. The van der Waals surface area contributed by atoms with Crippen molar-refractivity contribution in [2.75, 3.05) is 13.2 Å². The van der Waals surface area contributed by atoms with Gasteiger partial charge in [-0.05, 0) is 18.8 Å². The molecular weight excluding hydrogens is 300 g/mol. The van der Waals surface area contributed by atoms with Gasteiger partial charge in [-0.25, -0.2) is 0 Å². The third kappa shape index (κ3) is 3.55. The Labute approximate surface area is 134 Å². The highest BCUT2D eigenvalue weighted by Gasteiger charge is 2.31. The number of carboxylic acids is 1. The molecule has 23 heavy (non-hydrogen) atoms. The Morgan fingerprint density at radius 1 is 1.30 bits per heavy atom. The van der Waals surface area contributed by atoms with Crippen LogP contribution in [0.4, 0.5) is 0 Å². The Bertz CT molecular complexity index is 577. The molecule has 1 atom stereocenters. The van der Waals surface area contributed by atoms with Crippen molar-refractivity contribution in [2.45, 2.75) is 45.1 Å². The van der Waals surface area contributed by atoms with Gasteiger partial charge in [0.1, 0.15) is 5.76 Å². The molecule has 2 heterocycles.